The standard InChI is InChI=1S/C30H32FN5O3/c1-30(2,3)22-9-11-25(12-10-22)36(29(39)26-17-24(19-37)34-35-26)27(21-7-5-14-32-18-21)28(38)33-15-13-20-6-4-8-23(31)16-20/h4-12,14,16-18,27,37H,13,15,19H2,1-3H3,(H,33,38)(H,34,35). The number of aliphatic hydroxyl groups excluding tert-OH is 1. The number of H-pyrrole nitrogens is 1. The molecule has 0 bridgehead atoms. The van der Waals surface area contributed by atoms with Gasteiger partial charge < -0.3 is 10.4 Å². The molecule has 0 fully saturated rings. The second-order valence-corrected chi connectivity index (χ2v) is 10.3. The van der Waals surface area contributed by atoms with Crippen LogP contribution in [-0.2, 0) is 23.2 Å². The normalized spacial score (nSPS) is 12.1. The molecule has 0 radical (unpaired) electrons. The number of rotatable bonds is 9. The van der Waals surface area contributed by atoms with Crippen LogP contribution < -0.4 is 10.2 Å². The van der Waals surface area contributed by atoms with Crippen LogP contribution in [0.1, 0.15) is 59.7 Å². The van der Waals surface area contributed by atoms with Crippen molar-refractivity contribution in [1.29, 1.82) is 0 Å². The van der Waals surface area contributed by atoms with E-state index in [1.807, 2.05) is 24.3 Å². The molecule has 0 saturated heterocycles. The largest absolute Gasteiger partial charge is 0.390 e. The van der Waals surface area contributed by atoms with E-state index in [9.17, 15) is 19.1 Å². The van der Waals surface area contributed by atoms with E-state index in [1.165, 1.54) is 23.1 Å². The number of amides is 2. The van der Waals surface area contributed by atoms with Gasteiger partial charge in [0.1, 0.15) is 11.9 Å². The molecule has 202 valence electrons. The van der Waals surface area contributed by atoms with Crippen molar-refractivity contribution in [3.63, 3.8) is 0 Å². The molecular formula is C30H32FN5O3. The van der Waals surface area contributed by atoms with Gasteiger partial charge in [-0.3, -0.25) is 24.6 Å². The van der Waals surface area contributed by atoms with Crippen LogP contribution in [0.4, 0.5) is 10.1 Å². The Kier molecular flexibility index (Phi) is 8.51. The fraction of sp³-hybridized carbons (Fsp3) is 0.267. The van der Waals surface area contributed by atoms with Crippen LogP contribution in [0.25, 0.3) is 0 Å². The first-order valence-corrected chi connectivity index (χ1v) is 12.7. The van der Waals surface area contributed by atoms with E-state index in [0.29, 0.717) is 23.4 Å². The van der Waals surface area contributed by atoms with Crippen LogP contribution in [0.2, 0.25) is 0 Å². The van der Waals surface area contributed by atoms with Gasteiger partial charge in [0, 0.05) is 30.2 Å². The van der Waals surface area contributed by atoms with E-state index in [1.54, 1.807) is 36.7 Å². The molecule has 1 atom stereocenters. The molecule has 0 aliphatic rings. The molecule has 0 saturated carbocycles. The van der Waals surface area contributed by atoms with Gasteiger partial charge in [-0.05, 0) is 59.4 Å². The zero-order chi connectivity index (χ0) is 28.0. The molecule has 39 heavy (non-hydrogen) atoms. The van der Waals surface area contributed by atoms with E-state index in [4.69, 9.17) is 0 Å². The Labute approximate surface area is 226 Å². The fourth-order valence-electron chi connectivity index (χ4n) is 4.26. The van der Waals surface area contributed by atoms with Gasteiger partial charge in [-0.2, -0.15) is 5.10 Å². The minimum atomic E-state index is -1.08. The highest BCUT2D eigenvalue weighted by molar-refractivity contribution is 6.09. The molecule has 4 aromatic rings. The molecule has 2 aromatic carbocycles. The molecule has 8 nitrogen and oxygen atoms in total. The number of hydrogen-bond donors (Lipinski definition) is 3. The molecule has 2 amide bonds. The Balaban J connectivity index is 1.72. The lowest BCUT2D eigenvalue weighted by Gasteiger charge is -2.31. The molecule has 2 heterocycles. The summed E-state index contributed by atoms with van der Waals surface area (Å²) in [5.41, 5.74) is 3.13. The van der Waals surface area contributed by atoms with E-state index in [0.717, 1.165) is 11.1 Å². The lowest BCUT2D eigenvalue weighted by Crippen LogP contribution is -2.44. The maximum atomic E-state index is 13.9. The number of aromatic nitrogens is 3. The second kappa shape index (κ2) is 12.0. The Bertz CT molecular complexity index is 1410. The first-order chi connectivity index (χ1) is 18.7. The number of aliphatic hydroxyl groups is 1. The molecule has 0 spiro atoms. The lowest BCUT2D eigenvalue weighted by molar-refractivity contribution is -0.122. The van der Waals surface area contributed by atoms with Crippen LogP contribution in [0.3, 0.4) is 0 Å². The molecular weight excluding hydrogens is 497 g/mol. The molecule has 3 N–H and O–H groups in total. The second-order valence-electron chi connectivity index (χ2n) is 10.3. The Morgan fingerprint density at radius 1 is 1.08 bits per heavy atom. The first-order valence-electron chi connectivity index (χ1n) is 12.7. The van der Waals surface area contributed by atoms with Crippen LogP contribution in [-0.4, -0.2) is 38.6 Å². The predicted octanol–water partition coefficient (Wildman–Crippen LogP) is 4.48. The predicted molar refractivity (Wildman–Crippen MR) is 147 cm³/mol. The average Bonchev–Trinajstić information content (AvgIpc) is 3.41. The van der Waals surface area contributed by atoms with E-state index in [2.05, 4.69) is 41.3 Å². The third-order valence-corrected chi connectivity index (χ3v) is 6.36. The van der Waals surface area contributed by atoms with Crippen molar-refractivity contribution < 1.29 is 19.1 Å². The zero-order valence-electron chi connectivity index (χ0n) is 22.2. The first kappa shape index (κ1) is 27.7. The van der Waals surface area contributed by atoms with Crippen molar-refractivity contribution in [3.8, 4) is 0 Å². The van der Waals surface area contributed by atoms with Crippen molar-refractivity contribution in [3.05, 3.63) is 113 Å². The number of anilines is 1. The van der Waals surface area contributed by atoms with Gasteiger partial charge >= 0.3 is 0 Å². The van der Waals surface area contributed by atoms with Crippen molar-refractivity contribution in [1.82, 2.24) is 20.5 Å². The highest BCUT2D eigenvalue weighted by Crippen LogP contribution is 2.32. The Morgan fingerprint density at radius 2 is 1.85 bits per heavy atom. The van der Waals surface area contributed by atoms with Gasteiger partial charge in [0.2, 0.25) is 5.91 Å². The van der Waals surface area contributed by atoms with Crippen molar-refractivity contribution in [2.45, 2.75) is 45.3 Å². The van der Waals surface area contributed by atoms with Crippen molar-refractivity contribution in [2.75, 3.05) is 11.4 Å². The summed E-state index contributed by atoms with van der Waals surface area (Å²) < 4.78 is 13.6. The number of nitrogens with one attached hydrogen (secondary N) is 2. The number of aromatic amines is 1. The summed E-state index contributed by atoms with van der Waals surface area (Å²) in [6.45, 7) is 6.20. The van der Waals surface area contributed by atoms with Gasteiger partial charge in [-0.1, -0.05) is 51.1 Å². The molecule has 9 heteroatoms. The van der Waals surface area contributed by atoms with Crippen LogP contribution >= 0.6 is 0 Å². The van der Waals surface area contributed by atoms with Gasteiger partial charge in [0.05, 0.1) is 12.3 Å². The summed E-state index contributed by atoms with van der Waals surface area (Å²) in [4.78, 5) is 33.3. The summed E-state index contributed by atoms with van der Waals surface area (Å²) in [5.74, 6) is -1.29. The lowest BCUT2D eigenvalue weighted by atomic mass is 9.87. The average molecular weight is 530 g/mol. The number of halogens is 1. The molecule has 1 unspecified atom stereocenters. The topological polar surface area (TPSA) is 111 Å². The quantitative estimate of drug-likeness (QED) is 0.296. The maximum absolute atomic E-state index is 13.9. The summed E-state index contributed by atoms with van der Waals surface area (Å²) in [7, 11) is 0. The van der Waals surface area contributed by atoms with Gasteiger partial charge in [-0.15, -0.1) is 0 Å². The van der Waals surface area contributed by atoms with Gasteiger partial charge in [-0.25, -0.2) is 4.39 Å². The van der Waals surface area contributed by atoms with Gasteiger partial charge in [0.25, 0.3) is 5.91 Å². The van der Waals surface area contributed by atoms with Gasteiger partial charge in [0.15, 0.2) is 5.69 Å². The number of carbonyl (C=O) groups is 2. The summed E-state index contributed by atoms with van der Waals surface area (Å²) in [6, 6.07) is 17.5. The minimum absolute atomic E-state index is 0.0559. The number of benzene rings is 2. The van der Waals surface area contributed by atoms with E-state index < -0.39 is 17.9 Å². The Hall–Kier alpha value is -4.37. The van der Waals surface area contributed by atoms with Crippen molar-refractivity contribution in [2.24, 2.45) is 0 Å². The summed E-state index contributed by atoms with van der Waals surface area (Å²) in [5, 5.41) is 19.1. The fourth-order valence-corrected chi connectivity index (χ4v) is 4.26. The highest BCUT2D eigenvalue weighted by atomic mass is 19.1. The summed E-state index contributed by atoms with van der Waals surface area (Å²) >= 11 is 0. The number of hydrogen-bond acceptors (Lipinski definition) is 5. The Morgan fingerprint density at radius 3 is 2.46 bits per heavy atom. The minimum Gasteiger partial charge on any atom is -0.390 e. The zero-order valence-corrected chi connectivity index (χ0v) is 22.2. The SMILES string of the molecule is CC(C)(C)c1ccc(N(C(=O)c2cc(CO)[nH]n2)C(C(=O)NCCc2cccc(F)c2)c2cccnc2)cc1. The van der Waals surface area contributed by atoms with Crippen LogP contribution in [0, 0.1) is 5.82 Å². The number of carbonyl (C=O) groups excluding carboxylic acids is 2. The molecule has 0 aliphatic heterocycles. The molecule has 2 aromatic heterocycles. The monoisotopic (exact) mass is 529 g/mol. The molecule has 4 rings (SSSR count). The summed E-state index contributed by atoms with van der Waals surface area (Å²) in [6.07, 6.45) is 3.55. The third kappa shape index (κ3) is 6.74. The highest BCUT2D eigenvalue weighted by Gasteiger charge is 2.34. The van der Waals surface area contributed by atoms with Crippen LogP contribution in [0.5, 0.6) is 0 Å². The van der Waals surface area contributed by atoms with Crippen molar-refractivity contribution >= 4 is 17.5 Å². The number of pyridine rings is 1. The third-order valence-electron chi connectivity index (χ3n) is 6.36. The van der Waals surface area contributed by atoms with Crippen LogP contribution in [0.15, 0.2) is 79.1 Å². The smallest absolute Gasteiger partial charge is 0.279 e. The van der Waals surface area contributed by atoms with E-state index >= 15 is 0 Å². The molecule has 0 aliphatic carbocycles. The van der Waals surface area contributed by atoms with E-state index in [-0.39, 0.29) is 30.1 Å². The number of nitrogens with zero attached hydrogens (tertiary/aromatic N) is 3. The maximum Gasteiger partial charge on any atom is 0.279 e.